The number of amides is 4. The number of aromatic nitrogens is 25. The lowest BCUT2D eigenvalue weighted by molar-refractivity contribution is -0.129. The fraction of sp³-hybridized carbons (Fsp3) is 0.162. The van der Waals surface area contributed by atoms with Gasteiger partial charge in [0.05, 0.1) is 48.1 Å². The molecule has 17 heterocycles. The summed E-state index contributed by atoms with van der Waals surface area (Å²) >= 11 is 0. The van der Waals surface area contributed by atoms with Crippen molar-refractivity contribution in [3.63, 3.8) is 0 Å². The van der Waals surface area contributed by atoms with E-state index in [1.807, 2.05) is 234 Å². The molecule has 2 aliphatic heterocycles. The van der Waals surface area contributed by atoms with Gasteiger partial charge in [0, 0.05) is 129 Å². The summed E-state index contributed by atoms with van der Waals surface area (Å²) in [5, 5.41) is 70.3. The van der Waals surface area contributed by atoms with Crippen molar-refractivity contribution >= 4 is 57.7 Å². The first-order chi connectivity index (χ1) is 67.5. The summed E-state index contributed by atoms with van der Waals surface area (Å²) < 4.78 is 36.9. The second-order valence-electron chi connectivity index (χ2n) is 30.9. The quantitative estimate of drug-likeness (QED) is 0.0506. The maximum Gasteiger partial charge on any atom is 0.323 e. The van der Waals surface area contributed by atoms with E-state index in [0.717, 1.165) is 117 Å². The minimum Gasteiger partial charge on any atom is -0.485 e. The van der Waals surface area contributed by atoms with Gasteiger partial charge < -0.3 is 44.5 Å². The summed E-state index contributed by atoms with van der Waals surface area (Å²) in [5.41, 5.74) is 20.6. The number of benzene rings is 5. The summed E-state index contributed by atoms with van der Waals surface area (Å²) in [6.45, 7) is 4.77. The van der Waals surface area contributed by atoms with Crippen LogP contribution in [0.15, 0.2) is 310 Å². The predicted molar refractivity (Wildman–Crippen MR) is 506 cm³/mol. The molecule has 38 heteroatoms. The maximum absolute atomic E-state index is 12.4. The van der Waals surface area contributed by atoms with Gasteiger partial charge in [0.15, 0.2) is 57.4 Å². The van der Waals surface area contributed by atoms with Gasteiger partial charge in [-0.1, -0.05) is 152 Å². The molecule has 0 aliphatic carbocycles. The van der Waals surface area contributed by atoms with Gasteiger partial charge in [-0.3, -0.25) is 29.9 Å². The van der Waals surface area contributed by atoms with Crippen molar-refractivity contribution < 1.29 is 38.1 Å². The first kappa shape index (κ1) is 89.4. The first-order valence-electron chi connectivity index (χ1n) is 43.9. The molecule has 137 heavy (non-hydrogen) atoms. The number of carbonyl (C=O) groups is 3. The number of rotatable bonds is 24. The van der Waals surface area contributed by atoms with Crippen molar-refractivity contribution in [3.8, 4) is 79.3 Å². The number of fused-ring (bicyclic) bond motifs is 5. The van der Waals surface area contributed by atoms with Crippen molar-refractivity contribution in [1.29, 1.82) is 0 Å². The SMILES string of the molecule is CNC(=O)c1cc(OCc2nnc3ccc(-c4ccccc4)nn23)ccn1.Nc1cc(OCc2nnc3ccc(-c4ccccc4)nn23)ccn1.O=C(Cc1cc(CCc2nnc3ccc(-c4ccccc4)nn23)ccn1)N1CCCC1.O=C(Nc1cc(OCc2nnc3ccc(-c4ccccc4)nn23)ccn1)N1CCOCC1.c1ccc(-c2ccc3nnc(COc4ccncc4)n3n2)cc1. The van der Waals surface area contributed by atoms with Crippen LogP contribution in [-0.4, -0.2) is 198 Å². The van der Waals surface area contributed by atoms with Gasteiger partial charge in [-0.15, -0.1) is 51.0 Å². The van der Waals surface area contributed by atoms with E-state index >= 15 is 0 Å². The van der Waals surface area contributed by atoms with E-state index in [4.69, 9.17) is 34.5 Å². The highest BCUT2D eigenvalue weighted by Gasteiger charge is 2.23. The number of carbonyl (C=O) groups excluding carboxylic acids is 3. The van der Waals surface area contributed by atoms with Crippen LogP contribution in [0, 0.1) is 0 Å². The highest BCUT2D eigenvalue weighted by molar-refractivity contribution is 5.92. The summed E-state index contributed by atoms with van der Waals surface area (Å²) in [7, 11) is 1.55. The minimum absolute atomic E-state index is 0.156. The van der Waals surface area contributed by atoms with E-state index in [1.165, 1.54) is 6.20 Å². The molecule has 22 rings (SSSR count). The normalized spacial score (nSPS) is 12.2. The topological polar surface area (TPSA) is 434 Å². The van der Waals surface area contributed by atoms with Gasteiger partial charge in [0.2, 0.25) is 5.91 Å². The zero-order valence-electron chi connectivity index (χ0n) is 74.0. The van der Waals surface area contributed by atoms with Gasteiger partial charge >= 0.3 is 6.03 Å². The molecule has 2 saturated heterocycles. The molecular formula is C99H88N30O8. The zero-order valence-corrected chi connectivity index (χ0v) is 74.0. The molecule has 20 aromatic rings. The number of hydrogen-bond acceptors (Lipinski definition) is 29. The van der Waals surface area contributed by atoms with E-state index in [2.05, 4.69) is 107 Å². The van der Waals surface area contributed by atoms with Gasteiger partial charge in [0.25, 0.3) is 5.91 Å². The summed E-state index contributed by atoms with van der Waals surface area (Å²) in [6.07, 6.45) is 13.9. The molecule has 5 aromatic carbocycles. The van der Waals surface area contributed by atoms with Crippen molar-refractivity contribution in [3.05, 3.63) is 356 Å². The second kappa shape index (κ2) is 43.7. The van der Waals surface area contributed by atoms with Crippen molar-refractivity contribution in [2.24, 2.45) is 0 Å². The number of likely N-dealkylation sites (tertiary alicyclic amines) is 1. The molecule has 0 unspecified atom stereocenters. The molecule has 0 bridgehead atoms. The van der Waals surface area contributed by atoms with Crippen LogP contribution in [0.3, 0.4) is 0 Å². The van der Waals surface area contributed by atoms with Crippen LogP contribution in [0.4, 0.5) is 16.4 Å². The molecule has 2 aliphatic rings. The van der Waals surface area contributed by atoms with Gasteiger partial charge in [-0.05, 0) is 128 Å². The fourth-order valence-corrected chi connectivity index (χ4v) is 14.6. The van der Waals surface area contributed by atoms with Gasteiger partial charge in [-0.25, -0.2) is 14.8 Å². The number of hydrogen-bond donors (Lipinski definition) is 3. The Bertz CT molecular complexity index is 7460. The molecule has 0 radical (unpaired) electrons. The molecule has 0 saturated carbocycles. The van der Waals surface area contributed by atoms with E-state index in [0.29, 0.717) is 114 Å². The highest BCUT2D eigenvalue weighted by Crippen LogP contribution is 2.27. The van der Waals surface area contributed by atoms with Crippen LogP contribution < -0.4 is 35.3 Å². The number of nitrogens with two attached hydrogens (primary N) is 1. The Balaban J connectivity index is 0.000000115. The molecule has 0 spiro atoms. The number of anilines is 2. The number of morpholine rings is 1. The van der Waals surface area contributed by atoms with E-state index in [-0.39, 0.29) is 50.0 Å². The maximum atomic E-state index is 12.4. The standard InChI is InChI=1S/C24H24N6O.C22H21N7O3.C19H16N6O2.C17H14N6O.C17H13N5O/c31-24(29-14-4-5-15-29)17-20-16-18(12-13-25-20)8-10-22-26-27-23-11-9-21(28-30(22)23)19-6-2-1-3-7-19;30-22(28-10-12-31-13-11-28)24-19-14-17(8-9-23-19)32-15-21-26-25-20-7-6-18(27-29(20)21)16-4-2-1-3-5-16;1-20-19(26)16-11-14(9-10-21-16)27-12-18-23-22-17-8-7-15(24-25(17)18)13-5-3-2-4-6-13;18-15-10-13(8-9-19-15)24-11-17-21-20-16-7-6-14(22-23(16)17)12-4-2-1-3-5-12;1-2-4-13(5-3-1)15-6-7-16-19-20-17(22(16)21-15)12-23-14-8-10-18-11-9-14/h1-3,6-7,9,11-13,16H,4-5,8,10,14-15,17H2;1-9,14H,10-13,15H2,(H,23,24,30);2-11H,12H2,1H3,(H,20,26);1-10H,11H2,(H2,18,19);1-11H,12H2. The molecule has 0 atom stereocenters. The Morgan fingerprint density at radius 1 is 0.358 bits per heavy atom. The van der Waals surface area contributed by atoms with E-state index < -0.39 is 0 Å². The number of urea groups is 1. The lowest BCUT2D eigenvalue weighted by Crippen LogP contribution is -2.43. The first-order valence-corrected chi connectivity index (χ1v) is 43.9. The lowest BCUT2D eigenvalue weighted by atomic mass is 10.1. The van der Waals surface area contributed by atoms with Crippen molar-refractivity contribution in [1.82, 2.24) is 139 Å². The van der Waals surface area contributed by atoms with Crippen LogP contribution in [0.5, 0.6) is 23.0 Å². The Morgan fingerprint density at radius 2 is 0.730 bits per heavy atom. The second-order valence-corrected chi connectivity index (χ2v) is 30.9. The van der Waals surface area contributed by atoms with E-state index in [9.17, 15) is 14.4 Å². The smallest absolute Gasteiger partial charge is 0.323 e. The summed E-state index contributed by atoms with van der Waals surface area (Å²) in [5.74, 6) is 6.33. The number of nitrogens with one attached hydrogen (secondary N) is 2. The summed E-state index contributed by atoms with van der Waals surface area (Å²) in [6, 6.07) is 86.4. The van der Waals surface area contributed by atoms with Gasteiger partial charge in [-0.2, -0.15) is 48.1 Å². The van der Waals surface area contributed by atoms with Crippen LogP contribution in [0.1, 0.15) is 63.7 Å². The third-order valence-electron chi connectivity index (χ3n) is 21.6. The minimum atomic E-state index is -0.275. The third-order valence-corrected chi connectivity index (χ3v) is 21.6. The fourth-order valence-electron chi connectivity index (χ4n) is 14.6. The van der Waals surface area contributed by atoms with Crippen molar-refractivity contribution in [2.75, 3.05) is 57.5 Å². The molecule has 2 fully saturated rings. The Labute approximate surface area is 782 Å². The van der Waals surface area contributed by atoms with E-state index in [1.54, 1.807) is 110 Å². The van der Waals surface area contributed by atoms with Crippen LogP contribution in [-0.2, 0) is 55.2 Å². The molecule has 4 amide bonds. The Hall–Kier alpha value is -18.2. The van der Waals surface area contributed by atoms with Gasteiger partial charge in [0.1, 0.15) is 66.8 Å². The Morgan fingerprint density at radius 3 is 1.15 bits per heavy atom. The predicted octanol–water partition coefficient (Wildman–Crippen LogP) is 13.0. The lowest BCUT2D eigenvalue weighted by Gasteiger charge is -2.26. The number of ether oxygens (including phenoxy) is 5. The molecule has 15 aromatic heterocycles. The number of nitrogen functional groups attached to an aromatic ring is 1. The molecule has 4 N–H and O–H groups in total. The highest BCUT2D eigenvalue weighted by atomic mass is 16.5. The number of aryl methyl sites for hydroxylation is 2. The number of pyridine rings is 5. The largest absolute Gasteiger partial charge is 0.485 e. The average molecular weight is 1830 g/mol. The monoisotopic (exact) mass is 1820 g/mol. The van der Waals surface area contributed by atoms with Crippen molar-refractivity contribution in [2.45, 2.75) is 58.5 Å². The Kier molecular flexibility index (Phi) is 28.5. The molecule has 38 nitrogen and oxygen atoms in total. The molecule has 682 valence electrons. The van der Waals surface area contributed by atoms with Crippen LogP contribution in [0.2, 0.25) is 0 Å². The molecular weight excluding hydrogens is 1740 g/mol. The van der Waals surface area contributed by atoms with Crippen LogP contribution >= 0.6 is 0 Å². The summed E-state index contributed by atoms with van der Waals surface area (Å²) in [4.78, 5) is 60.6. The number of nitrogens with zero attached hydrogens (tertiary/aromatic N) is 27. The average Bonchev–Trinajstić information content (AvgIpc) is 1.68. The van der Waals surface area contributed by atoms with Crippen LogP contribution in [0.25, 0.3) is 84.5 Å². The third kappa shape index (κ3) is 23.0. The zero-order chi connectivity index (χ0) is 93.3.